The molecule has 1 aromatic heterocycles. The number of carbonyl (C=O) groups is 2. The van der Waals surface area contributed by atoms with Crippen LogP contribution in [0.2, 0.25) is 4.34 Å². The summed E-state index contributed by atoms with van der Waals surface area (Å²) in [5, 5.41) is 3.13. The molecule has 4 nitrogen and oxygen atoms in total. The predicted molar refractivity (Wildman–Crippen MR) is 83.5 cm³/mol. The molecular formula is C15H13ClN2O2S. The third-order valence-electron chi connectivity index (χ3n) is 3.31. The number of hydrogen-bond acceptors (Lipinski definition) is 4. The van der Waals surface area contributed by atoms with Gasteiger partial charge in [-0.05, 0) is 24.3 Å². The Balaban J connectivity index is 1.69. The second-order valence-electron chi connectivity index (χ2n) is 4.75. The first-order chi connectivity index (χ1) is 10.1. The van der Waals surface area contributed by atoms with Crippen LogP contribution in [0.1, 0.15) is 11.3 Å². The Morgan fingerprint density at radius 2 is 1.95 bits per heavy atom. The molecular weight excluding hydrogens is 308 g/mol. The summed E-state index contributed by atoms with van der Waals surface area (Å²) in [4.78, 5) is 26.7. The molecule has 0 radical (unpaired) electrons. The molecule has 3 rings (SSSR count). The van der Waals surface area contributed by atoms with Crippen LogP contribution in [0.5, 0.6) is 0 Å². The van der Waals surface area contributed by atoms with Crippen molar-refractivity contribution in [1.82, 2.24) is 5.32 Å². The molecule has 2 aromatic rings. The molecule has 1 fully saturated rings. The number of rotatable bonds is 4. The number of anilines is 1. The maximum absolute atomic E-state index is 12.4. The van der Waals surface area contributed by atoms with E-state index in [9.17, 15) is 9.59 Å². The van der Waals surface area contributed by atoms with E-state index < -0.39 is 6.04 Å². The maximum atomic E-state index is 12.4. The van der Waals surface area contributed by atoms with Crippen LogP contribution in [0.15, 0.2) is 42.5 Å². The standard InChI is InChI=1S/C15H13ClN2O2S/c16-13-7-6-11(21-13)9-17-12-8-14(19)18(15(12)20)10-4-2-1-3-5-10/h1-7,12,17H,8-9H2. The fourth-order valence-corrected chi connectivity index (χ4v) is 3.35. The van der Waals surface area contributed by atoms with Gasteiger partial charge in [-0.1, -0.05) is 29.8 Å². The van der Waals surface area contributed by atoms with Crippen LogP contribution in [-0.2, 0) is 16.1 Å². The zero-order valence-corrected chi connectivity index (χ0v) is 12.7. The van der Waals surface area contributed by atoms with Crippen molar-refractivity contribution in [2.75, 3.05) is 4.90 Å². The van der Waals surface area contributed by atoms with E-state index in [0.717, 1.165) is 4.88 Å². The minimum absolute atomic E-state index is 0.173. The fraction of sp³-hybridized carbons (Fsp3) is 0.200. The molecule has 1 unspecified atom stereocenters. The van der Waals surface area contributed by atoms with Gasteiger partial charge in [-0.3, -0.25) is 9.59 Å². The van der Waals surface area contributed by atoms with Crippen LogP contribution in [0.25, 0.3) is 0 Å². The van der Waals surface area contributed by atoms with Crippen molar-refractivity contribution in [1.29, 1.82) is 0 Å². The van der Waals surface area contributed by atoms with E-state index in [2.05, 4.69) is 5.32 Å². The first kappa shape index (κ1) is 14.3. The molecule has 6 heteroatoms. The fourth-order valence-electron chi connectivity index (χ4n) is 2.31. The highest BCUT2D eigenvalue weighted by Crippen LogP contribution is 2.24. The Morgan fingerprint density at radius 1 is 1.19 bits per heavy atom. The van der Waals surface area contributed by atoms with E-state index in [1.807, 2.05) is 30.3 Å². The van der Waals surface area contributed by atoms with E-state index in [-0.39, 0.29) is 18.2 Å². The Labute approximate surface area is 131 Å². The molecule has 1 aliphatic heterocycles. The number of nitrogens with zero attached hydrogens (tertiary/aromatic N) is 1. The summed E-state index contributed by atoms with van der Waals surface area (Å²) in [6.45, 7) is 0.531. The average molecular weight is 321 g/mol. The summed E-state index contributed by atoms with van der Waals surface area (Å²) < 4.78 is 0.714. The van der Waals surface area contributed by atoms with Gasteiger partial charge in [0.25, 0.3) is 5.91 Å². The number of hydrogen-bond donors (Lipinski definition) is 1. The summed E-state index contributed by atoms with van der Waals surface area (Å²) in [5.41, 5.74) is 0.621. The van der Waals surface area contributed by atoms with E-state index in [0.29, 0.717) is 16.6 Å². The Hall–Kier alpha value is -1.69. The lowest BCUT2D eigenvalue weighted by Crippen LogP contribution is -2.38. The number of carbonyl (C=O) groups excluding carboxylic acids is 2. The second kappa shape index (κ2) is 5.97. The van der Waals surface area contributed by atoms with E-state index in [1.165, 1.54) is 16.2 Å². The van der Waals surface area contributed by atoms with Crippen LogP contribution >= 0.6 is 22.9 Å². The lowest BCUT2D eigenvalue weighted by molar-refractivity contribution is -0.121. The van der Waals surface area contributed by atoms with Crippen molar-refractivity contribution in [3.05, 3.63) is 51.7 Å². The summed E-state index contributed by atoms with van der Waals surface area (Å²) >= 11 is 7.34. The molecule has 108 valence electrons. The molecule has 1 saturated heterocycles. The highest BCUT2D eigenvalue weighted by atomic mass is 35.5. The van der Waals surface area contributed by atoms with Crippen molar-refractivity contribution >= 4 is 40.4 Å². The summed E-state index contributed by atoms with van der Waals surface area (Å²) in [6.07, 6.45) is 0.187. The summed E-state index contributed by atoms with van der Waals surface area (Å²) in [6, 6.07) is 12.3. The lowest BCUT2D eigenvalue weighted by Gasteiger charge is -2.15. The Morgan fingerprint density at radius 3 is 2.62 bits per heavy atom. The highest BCUT2D eigenvalue weighted by molar-refractivity contribution is 7.16. The average Bonchev–Trinajstić information content (AvgIpc) is 3.01. The van der Waals surface area contributed by atoms with Gasteiger partial charge in [0.05, 0.1) is 22.5 Å². The van der Waals surface area contributed by atoms with Crippen LogP contribution in [0.4, 0.5) is 5.69 Å². The Kier molecular flexibility index (Phi) is 4.05. The molecule has 0 aliphatic carbocycles. The van der Waals surface area contributed by atoms with Gasteiger partial charge in [0, 0.05) is 11.4 Å². The first-order valence-corrected chi connectivity index (χ1v) is 7.74. The van der Waals surface area contributed by atoms with Gasteiger partial charge in [0.2, 0.25) is 5.91 Å². The molecule has 1 aliphatic rings. The quantitative estimate of drug-likeness (QED) is 0.881. The number of thiophene rings is 1. The van der Waals surface area contributed by atoms with Gasteiger partial charge >= 0.3 is 0 Å². The van der Waals surface area contributed by atoms with Crippen molar-refractivity contribution in [2.45, 2.75) is 19.0 Å². The topological polar surface area (TPSA) is 49.4 Å². The molecule has 0 bridgehead atoms. The zero-order valence-electron chi connectivity index (χ0n) is 11.1. The zero-order chi connectivity index (χ0) is 14.8. The first-order valence-electron chi connectivity index (χ1n) is 6.54. The van der Waals surface area contributed by atoms with Gasteiger partial charge in [0.1, 0.15) is 0 Å². The molecule has 1 N–H and O–H groups in total. The van der Waals surface area contributed by atoms with E-state index in [4.69, 9.17) is 11.6 Å². The molecule has 0 spiro atoms. The largest absolute Gasteiger partial charge is 0.300 e. The van der Waals surface area contributed by atoms with Crippen molar-refractivity contribution < 1.29 is 9.59 Å². The van der Waals surface area contributed by atoms with E-state index >= 15 is 0 Å². The maximum Gasteiger partial charge on any atom is 0.251 e. The number of imide groups is 1. The molecule has 21 heavy (non-hydrogen) atoms. The van der Waals surface area contributed by atoms with Gasteiger partial charge in [-0.15, -0.1) is 11.3 Å². The number of para-hydroxylation sites is 1. The number of nitrogens with one attached hydrogen (secondary N) is 1. The number of benzene rings is 1. The third kappa shape index (κ3) is 3.00. The Bertz CT molecular complexity index is 671. The normalized spacial score (nSPS) is 18.5. The van der Waals surface area contributed by atoms with Crippen molar-refractivity contribution in [3.63, 3.8) is 0 Å². The smallest absolute Gasteiger partial charge is 0.251 e. The predicted octanol–water partition coefficient (Wildman–Crippen LogP) is 2.82. The van der Waals surface area contributed by atoms with E-state index in [1.54, 1.807) is 12.1 Å². The van der Waals surface area contributed by atoms with Crippen LogP contribution < -0.4 is 10.2 Å². The summed E-state index contributed by atoms with van der Waals surface area (Å²) in [5.74, 6) is -0.373. The lowest BCUT2D eigenvalue weighted by atomic mass is 10.2. The molecule has 0 saturated carbocycles. The summed E-state index contributed by atoms with van der Waals surface area (Å²) in [7, 11) is 0. The highest BCUT2D eigenvalue weighted by Gasteiger charge is 2.39. The van der Waals surface area contributed by atoms with Gasteiger partial charge in [-0.2, -0.15) is 0 Å². The van der Waals surface area contributed by atoms with Crippen LogP contribution in [0, 0.1) is 0 Å². The molecule has 1 atom stereocenters. The second-order valence-corrected chi connectivity index (χ2v) is 6.55. The van der Waals surface area contributed by atoms with Crippen LogP contribution in [0.3, 0.4) is 0 Å². The van der Waals surface area contributed by atoms with Crippen molar-refractivity contribution in [3.8, 4) is 0 Å². The SMILES string of the molecule is O=C1CC(NCc2ccc(Cl)s2)C(=O)N1c1ccccc1. The molecule has 2 heterocycles. The van der Waals surface area contributed by atoms with Crippen LogP contribution in [-0.4, -0.2) is 17.9 Å². The number of halogens is 1. The minimum atomic E-state index is -0.474. The monoisotopic (exact) mass is 320 g/mol. The van der Waals surface area contributed by atoms with Gasteiger partial charge in [0.15, 0.2) is 0 Å². The van der Waals surface area contributed by atoms with Gasteiger partial charge < -0.3 is 5.32 Å². The van der Waals surface area contributed by atoms with Gasteiger partial charge in [-0.25, -0.2) is 4.90 Å². The van der Waals surface area contributed by atoms with Crippen molar-refractivity contribution in [2.24, 2.45) is 0 Å². The minimum Gasteiger partial charge on any atom is -0.300 e. The molecule has 2 amide bonds. The number of amides is 2. The molecule has 1 aromatic carbocycles. The third-order valence-corrected chi connectivity index (χ3v) is 4.54.